The number of ether oxygens (including phenoxy) is 1. The van der Waals surface area contributed by atoms with Crippen LogP contribution in [0, 0.1) is 0 Å². The van der Waals surface area contributed by atoms with Crippen molar-refractivity contribution in [2.24, 2.45) is 5.73 Å². The first-order valence-electron chi connectivity index (χ1n) is 4.44. The number of rotatable bonds is 3. The van der Waals surface area contributed by atoms with Crippen LogP contribution >= 0.6 is 11.6 Å². The van der Waals surface area contributed by atoms with E-state index in [-0.39, 0.29) is 5.91 Å². The zero-order valence-corrected chi connectivity index (χ0v) is 9.34. The third-order valence-electron chi connectivity index (χ3n) is 1.84. The van der Waals surface area contributed by atoms with Crippen molar-refractivity contribution in [2.75, 3.05) is 12.4 Å². The molecule has 0 fully saturated rings. The number of anilines is 1. The Bertz CT molecular complexity index is 366. The second kappa shape index (κ2) is 5.00. The van der Waals surface area contributed by atoms with Crippen molar-refractivity contribution in [3.05, 3.63) is 23.2 Å². The first-order chi connectivity index (χ1) is 7.04. The smallest absolute Gasteiger partial charge is 0.241 e. The van der Waals surface area contributed by atoms with Gasteiger partial charge in [0.1, 0.15) is 5.75 Å². The van der Waals surface area contributed by atoms with Crippen LogP contribution in [0.1, 0.15) is 6.92 Å². The summed E-state index contributed by atoms with van der Waals surface area (Å²) in [5.74, 6) is 0.338. The van der Waals surface area contributed by atoms with Crippen LogP contribution < -0.4 is 15.8 Å². The predicted molar refractivity (Wildman–Crippen MR) is 60.3 cm³/mol. The van der Waals surface area contributed by atoms with Gasteiger partial charge in [-0.3, -0.25) is 4.79 Å². The number of carbonyl (C=O) groups is 1. The Hall–Kier alpha value is -1.26. The number of benzene rings is 1. The number of hydrogen-bond acceptors (Lipinski definition) is 3. The monoisotopic (exact) mass is 228 g/mol. The number of carbonyl (C=O) groups excluding carboxylic acids is 1. The highest BCUT2D eigenvalue weighted by Crippen LogP contribution is 2.26. The van der Waals surface area contributed by atoms with Crippen LogP contribution in [0.2, 0.25) is 5.02 Å². The summed E-state index contributed by atoms with van der Waals surface area (Å²) in [7, 11) is 1.54. The Morgan fingerprint density at radius 3 is 2.80 bits per heavy atom. The molecule has 0 radical (unpaired) electrons. The SMILES string of the molecule is COc1ccc(Cl)c(NC(=O)[C@H](C)N)c1. The minimum atomic E-state index is -0.577. The molecule has 0 heterocycles. The van der Waals surface area contributed by atoms with E-state index in [1.807, 2.05) is 0 Å². The Morgan fingerprint density at radius 1 is 1.60 bits per heavy atom. The summed E-state index contributed by atoms with van der Waals surface area (Å²) >= 11 is 5.89. The van der Waals surface area contributed by atoms with Gasteiger partial charge in [0, 0.05) is 6.07 Å². The van der Waals surface area contributed by atoms with Crippen LogP contribution in [-0.2, 0) is 4.79 Å². The Morgan fingerprint density at radius 2 is 2.27 bits per heavy atom. The topological polar surface area (TPSA) is 64.3 Å². The van der Waals surface area contributed by atoms with Gasteiger partial charge in [-0.05, 0) is 19.1 Å². The lowest BCUT2D eigenvalue weighted by Gasteiger charge is -2.10. The number of halogens is 1. The Labute approximate surface area is 93.4 Å². The molecule has 3 N–H and O–H groups in total. The average Bonchev–Trinajstić information content (AvgIpc) is 2.21. The molecule has 0 spiro atoms. The summed E-state index contributed by atoms with van der Waals surface area (Å²) in [5.41, 5.74) is 5.92. The highest BCUT2D eigenvalue weighted by Gasteiger charge is 2.10. The minimum Gasteiger partial charge on any atom is -0.497 e. The number of amides is 1. The van der Waals surface area contributed by atoms with Crippen molar-refractivity contribution in [2.45, 2.75) is 13.0 Å². The molecule has 0 bridgehead atoms. The van der Waals surface area contributed by atoms with Gasteiger partial charge in [-0.15, -0.1) is 0 Å². The molecule has 0 aromatic heterocycles. The van der Waals surface area contributed by atoms with Gasteiger partial charge in [-0.1, -0.05) is 11.6 Å². The molecule has 0 saturated carbocycles. The summed E-state index contributed by atoms with van der Waals surface area (Å²) in [6.07, 6.45) is 0. The maximum absolute atomic E-state index is 11.3. The summed E-state index contributed by atoms with van der Waals surface area (Å²) in [6, 6.07) is 4.43. The van der Waals surface area contributed by atoms with Gasteiger partial charge >= 0.3 is 0 Å². The number of methoxy groups -OCH3 is 1. The quantitative estimate of drug-likeness (QED) is 0.827. The molecule has 0 saturated heterocycles. The first-order valence-corrected chi connectivity index (χ1v) is 4.82. The molecule has 0 unspecified atom stereocenters. The summed E-state index contributed by atoms with van der Waals surface area (Å²) in [4.78, 5) is 11.3. The van der Waals surface area contributed by atoms with Crippen molar-refractivity contribution >= 4 is 23.2 Å². The molecule has 1 aromatic rings. The lowest BCUT2D eigenvalue weighted by molar-refractivity contribution is -0.117. The Balaban J connectivity index is 2.88. The molecular formula is C10H13ClN2O2. The zero-order valence-electron chi connectivity index (χ0n) is 8.58. The van der Waals surface area contributed by atoms with E-state index in [9.17, 15) is 4.79 Å². The average molecular weight is 229 g/mol. The van der Waals surface area contributed by atoms with Gasteiger partial charge < -0.3 is 15.8 Å². The molecule has 1 rings (SSSR count). The standard InChI is InChI=1S/C10H13ClN2O2/c1-6(12)10(14)13-9-5-7(15-2)3-4-8(9)11/h3-6H,12H2,1-2H3,(H,13,14)/t6-/m0/s1. The van der Waals surface area contributed by atoms with E-state index in [4.69, 9.17) is 22.1 Å². The van der Waals surface area contributed by atoms with Crippen LogP contribution in [-0.4, -0.2) is 19.1 Å². The fourth-order valence-corrected chi connectivity index (χ4v) is 1.14. The van der Waals surface area contributed by atoms with Crippen LogP contribution in [0.4, 0.5) is 5.69 Å². The van der Waals surface area contributed by atoms with Gasteiger partial charge in [0.25, 0.3) is 0 Å². The molecule has 1 atom stereocenters. The highest BCUT2D eigenvalue weighted by molar-refractivity contribution is 6.33. The highest BCUT2D eigenvalue weighted by atomic mass is 35.5. The van der Waals surface area contributed by atoms with Crippen LogP contribution in [0.25, 0.3) is 0 Å². The predicted octanol–water partition coefficient (Wildman–Crippen LogP) is 1.63. The van der Waals surface area contributed by atoms with E-state index in [1.54, 1.807) is 32.2 Å². The van der Waals surface area contributed by atoms with E-state index in [0.717, 1.165) is 0 Å². The second-order valence-corrected chi connectivity index (χ2v) is 3.53. The maximum atomic E-state index is 11.3. The van der Waals surface area contributed by atoms with E-state index < -0.39 is 6.04 Å². The largest absolute Gasteiger partial charge is 0.497 e. The molecule has 0 aliphatic heterocycles. The van der Waals surface area contributed by atoms with E-state index in [2.05, 4.69) is 5.32 Å². The molecule has 0 aliphatic carbocycles. The fraction of sp³-hybridized carbons (Fsp3) is 0.300. The third-order valence-corrected chi connectivity index (χ3v) is 2.17. The molecule has 1 amide bonds. The third kappa shape index (κ3) is 3.11. The van der Waals surface area contributed by atoms with Gasteiger partial charge in [0.15, 0.2) is 0 Å². The molecule has 1 aromatic carbocycles. The summed E-state index contributed by atoms with van der Waals surface area (Å²) in [6.45, 7) is 1.60. The number of nitrogens with two attached hydrogens (primary N) is 1. The molecule has 15 heavy (non-hydrogen) atoms. The Kier molecular flexibility index (Phi) is 3.94. The first kappa shape index (κ1) is 11.8. The molecule has 82 valence electrons. The molecule has 4 nitrogen and oxygen atoms in total. The van der Waals surface area contributed by atoms with Crippen molar-refractivity contribution in [3.63, 3.8) is 0 Å². The van der Waals surface area contributed by atoms with E-state index >= 15 is 0 Å². The van der Waals surface area contributed by atoms with Gasteiger partial charge in [-0.25, -0.2) is 0 Å². The zero-order chi connectivity index (χ0) is 11.4. The van der Waals surface area contributed by atoms with Gasteiger partial charge in [0.2, 0.25) is 5.91 Å². The van der Waals surface area contributed by atoms with Crippen molar-refractivity contribution in [3.8, 4) is 5.75 Å². The molecular weight excluding hydrogens is 216 g/mol. The minimum absolute atomic E-state index is 0.287. The van der Waals surface area contributed by atoms with Gasteiger partial charge in [-0.2, -0.15) is 0 Å². The van der Waals surface area contributed by atoms with Crippen LogP contribution in [0.5, 0.6) is 5.75 Å². The van der Waals surface area contributed by atoms with Crippen molar-refractivity contribution in [1.82, 2.24) is 0 Å². The number of hydrogen-bond donors (Lipinski definition) is 2. The van der Waals surface area contributed by atoms with Gasteiger partial charge in [0.05, 0.1) is 23.9 Å². The summed E-state index contributed by atoms with van der Waals surface area (Å²) in [5, 5.41) is 3.06. The van der Waals surface area contributed by atoms with Crippen molar-refractivity contribution < 1.29 is 9.53 Å². The lowest BCUT2D eigenvalue weighted by Crippen LogP contribution is -2.32. The second-order valence-electron chi connectivity index (χ2n) is 3.12. The van der Waals surface area contributed by atoms with Crippen molar-refractivity contribution in [1.29, 1.82) is 0 Å². The summed E-state index contributed by atoms with van der Waals surface area (Å²) < 4.78 is 5.01. The maximum Gasteiger partial charge on any atom is 0.241 e. The lowest BCUT2D eigenvalue weighted by atomic mass is 10.2. The molecule has 0 aliphatic rings. The fourth-order valence-electron chi connectivity index (χ4n) is 0.974. The van der Waals surface area contributed by atoms with Crippen LogP contribution in [0.15, 0.2) is 18.2 Å². The normalized spacial score (nSPS) is 12.0. The molecule has 5 heteroatoms. The van der Waals surface area contributed by atoms with Crippen LogP contribution in [0.3, 0.4) is 0 Å². The van der Waals surface area contributed by atoms with E-state index in [0.29, 0.717) is 16.5 Å². The number of nitrogens with one attached hydrogen (secondary N) is 1. The van der Waals surface area contributed by atoms with E-state index in [1.165, 1.54) is 0 Å².